The van der Waals surface area contributed by atoms with E-state index in [0.717, 1.165) is 22.5 Å². The lowest BCUT2D eigenvalue weighted by molar-refractivity contribution is 0.0772. The largest absolute Gasteiger partial charge is 0.468 e. The van der Waals surface area contributed by atoms with Crippen LogP contribution in [0.4, 0.5) is 0 Å². The van der Waals surface area contributed by atoms with Crippen LogP contribution >= 0.6 is 0 Å². The van der Waals surface area contributed by atoms with Crippen molar-refractivity contribution in [1.29, 1.82) is 0 Å². The molecule has 0 bridgehead atoms. The second-order valence-corrected chi connectivity index (χ2v) is 5.22. The topological polar surface area (TPSA) is 39.4 Å². The molecule has 0 fully saturated rings. The van der Waals surface area contributed by atoms with E-state index in [9.17, 15) is 4.79 Å². The van der Waals surface area contributed by atoms with Gasteiger partial charge in [-0.05, 0) is 24.0 Å². The average Bonchev–Trinajstić information content (AvgIpc) is 2.70. The molecule has 0 unspecified atom stereocenters. The molecule has 0 radical (unpaired) electrons. The molecule has 0 amide bonds. The van der Waals surface area contributed by atoms with Crippen molar-refractivity contribution in [1.82, 2.24) is 0 Å². The van der Waals surface area contributed by atoms with E-state index in [0.29, 0.717) is 12.8 Å². The predicted octanol–water partition coefficient (Wildman–Crippen LogP) is 3.48. The molecule has 1 aliphatic rings. The van der Waals surface area contributed by atoms with Crippen LogP contribution in [0.15, 0.2) is 35.0 Å². The number of methoxy groups -OCH3 is 1. The summed E-state index contributed by atoms with van der Waals surface area (Å²) < 4.78 is 10.9. The fourth-order valence-electron chi connectivity index (χ4n) is 2.51. The minimum absolute atomic E-state index is 0.0607. The van der Waals surface area contributed by atoms with Gasteiger partial charge in [0.2, 0.25) is 0 Å². The number of fused-ring (bicyclic) bond motifs is 1. The lowest BCUT2D eigenvalue weighted by Gasteiger charge is -2.20. The number of rotatable bonds is 1. The molecule has 1 aliphatic carbocycles. The molecule has 2 rings (SSSR count). The Bertz CT molecular complexity index is 522. The van der Waals surface area contributed by atoms with Crippen LogP contribution in [-0.2, 0) is 11.2 Å². The summed E-state index contributed by atoms with van der Waals surface area (Å²) in [6.45, 7) is 7.93. The van der Waals surface area contributed by atoms with Crippen LogP contribution in [0.2, 0.25) is 0 Å². The monoisotopic (exact) mass is 260 g/mol. The summed E-state index contributed by atoms with van der Waals surface area (Å²) in [6, 6.07) is 0. The van der Waals surface area contributed by atoms with Crippen LogP contribution in [-0.4, -0.2) is 19.0 Å². The number of ketones is 1. The van der Waals surface area contributed by atoms with Gasteiger partial charge in [-0.3, -0.25) is 4.79 Å². The molecule has 0 N–H and O–H groups in total. The second-order valence-electron chi connectivity index (χ2n) is 5.22. The Morgan fingerprint density at radius 2 is 2.21 bits per heavy atom. The molecular formula is C16H20O3. The molecule has 0 spiro atoms. The van der Waals surface area contributed by atoms with E-state index in [-0.39, 0.29) is 17.8 Å². The molecule has 3 nitrogen and oxygen atoms in total. The summed E-state index contributed by atoms with van der Waals surface area (Å²) in [5.74, 6) is 0.973. The van der Waals surface area contributed by atoms with Crippen molar-refractivity contribution in [2.45, 2.75) is 32.8 Å². The van der Waals surface area contributed by atoms with Gasteiger partial charge in [0, 0.05) is 20.0 Å². The SMILES string of the molecule is C=C1C=C[C@H](OC)[C@@H](C)CC(=O)c2c(C)coc2C1. The lowest BCUT2D eigenvalue weighted by atomic mass is 9.90. The van der Waals surface area contributed by atoms with Gasteiger partial charge >= 0.3 is 0 Å². The summed E-state index contributed by atoms with van der Waals surface area (Å²) in [4.78, 5) is 12.4. The molecule has 2 atom stereocenters. The van der Waals surface area contributed by atoms with E-state index >= 15 is 0 Å². The minimum Gasteiger partial charge on any atom is -0.468 e. The van der Waals surface area contributed by atoms with Gasteiger partial charge in [-0.1, -0.05) is 25.7 Å². The number of furan rings is 1. The van der Waals surface area contributed by atoms with Gasteiger partial charge in [-0.15, -0.1) is 0 Å². The van der Waals surface area contributed by atoms with Crippen LogP contribution in [0.3, 0.4) is 0 Å². The maximum atomic E-state index is 12.4. The van der Waals surface area contributed by atoms with Crippen molar-refractivity contribution < 1.29 is 13.9 Å². The molecular weight excluding hydrogens is 240 g/mol. The summed E-state index contributed by atoms with van der Waals surface area (Å²) in [6.07, 6.45) is 6.55. The summed E-state index contributed by atoms with van der Waals surface area (Å²) >= 11 is 0. The standard InChI is InChI=1S/C16H20O3/c1-10-5-6-14(18-4)11(2)8-13(17)16-12(3)9-19-15(16)7-10/h5-6,9,11,14H,1,7-8H2,2-4H3/t11-,14-/m0/s1. The highest BCUT2D eigenvalue weighted by molar-refractivity contribution is 5.98. The molecule has 102 valence electrons. The van der Waals surface area contributed by atoms with Crippen LogP contribution in [0, 0.1) is 12.8 Å². The third-order valence-corrected chi connectivity index (χ3v) is 3.58. The van der Waals surface area contributed by atoms with Gasteiger partial charge in [0.05, 0.1) is 17.9 Å². The number of hydrogen-bond donors (Lipinski definition) is 0. The molecule has 19 heavy (non-hydrogen) atoms. The zero-order valence-corrected chi connectivity index (χ0v) is 11.7. The van der Waals surface area contributed by atoms with Crippen LogP contribution in [0.5, 0.6) is 0 Å². The number of carbonyl (C=O) groups excluding carboxylic acids is 1. The molecule has 0 saturated heterocycles. The van der Waals surface area contributed by atoms with Crippen LogP contribution in [0.25, 0.3) is 0 Å². The summed E-state index contributed by atoms with van der Waals surface area (Å²) in [5, 5.41) is 0. The van der Waals surface area contributed by atoms with E-state index in [4.69, 9.17) is 9.15 Å². The zero-order valence-electron chi connectivity index (χ0n) is 11.7. The zero-order chi connectivity index (χ0) is 14.0. The van der Waals surface area contributed by atoms with Gasteiger partial charge in [-0.25, -0.2) is 0 Å². The molecule has 0 saturated carbocycles. The highest BCUT2D eigenvalue weighted by atomic mass is 16.5. The summed E-state index contributed by atoms with van der Waals surface area (Å²) in [7, 11) is 1.67. The van der Waals surface area contributed by atoms with E-state index in [1.54, 1.807) is 13.4 Å². The first-order valence-corrected chi connectivity index (χ1v) is 6.52. The Kier molecular flexibility index (Phi) is 4.05. The smallest absolute Gasteiger partial charge is 0.167 e. The van der Waals surface area contributed by atoms with Gasteiger partial charge < -0.3 is 9.15 Å². The van der Waals surface area contributed by atoms with Crippen molar-refractivity contribution >= 4 is 5.78 Å². The van der Waals surface area contributed by atoms with Gasteiger partial charge in [0.1, 0.15) is 5.76 Å². The fourth-order valence-corrected chi connectivity index (χ4v) is 2.51. The number of ether oxygens (including phenoxy) is 1. The highest BCUT2D eigenvalue weighted by Gasteiger charge is 2.24. The number of aryl methyl sites for hydroxylation is 1. The number of carbonyl (C=O) groups is 1. The fraction of sp³-hybridized carbons (Fsp3) is 0.438. The number of Topliss-reactive ketones (excluding diaryl/α,β-unsaturated/α-hetero) is 1. The Balaban J connectivity index is 2.40. The van der Waals surface area contributed by atoms with E-state index in [2.05, 4.69) is 6.58 Å². The third kappa shape index (κ3) is 2.87. The van der Waals surface area contributed by atoms with Crippen molar-refractivity contribution in [3.63, 3.8) is 0 Å². The Morgan fingerprint density at radius 1 is 1.47 bits per heavy atom. The van der Waals surface area contributed by atoms with Gasteiger partial charge in [0.15, 0.2) is 5.78 Å². The summed E-state index contributed by atoms with van der Waals surface area (Å²) in [5.41, 5.74) is 2.54. The number of allylic oxidation sites excluding steroid dienone is 2. The second kappa shape index (κ2) is 5.57. The molecule has 1 aromatic heterocycles. The Morgan fingerprint density at radius 3 is 2.89 bits per heavy atom. The first kappa shape index (κ1) is 13.8. The van der Waals surface area contributed by atoms with Gasteiger partial charge in [-0.2, -0.15) is 0 Å². The van der Waals surface area contributed by atoms with Gasteiger partial charge in [0.25, 0.3) is 0 Å². The molecule has 0 aromatic carbocycles. The van der Waals surface area contributed by atoms with Crippen molar-refractivity contribution in [2.24, 2.45) is 5.92 Å². The quantitative estimate of drug-likeness (QED) is 0.776. The first-order valence-electron chi connectivity index (χ1n) is 6.52. The van der Waals surface area contributed by atoms with E-state index in [1.165, 1.54) is 0 Å². The Hall–Kier alpha value is -1.61. The highest BCUT2D eigenvalue weighted by Crippen LogP contribution is 2.26. The normalized spacial score (nSPS) is 24.4. The molecule has 1 heterocycles. The van der Waals surface area contributed by atoms with Crippen LogP contribution < -0.4 is 0 Å². The molecule has 3 heteroatoms. The van der Waals surface area contributed by atoms with E-state index < -0.39 is 0 Å². The van der Waals surface area contributed by atoms with Crippen LogP contribution in [0.1, 0.15) is 35.0 Å². The lowest BCUT2D eigenvalue weighted by Crippen LogP contribution is -2.22. The first-order chi connectivity index (χ1) is 9.02. The maximum Gasteiger partial charge on any atom is 0.167 e. The molecule has 0 aliphatic heterocycles. The number of hydrogen-bond acceptors (Lipinski definition) is 3. The van der Waals surface area contributed by atoms with Crippen molar-refractivity contribution in [3.8, 4) is 0 Å². The molecule has 1 aromatic rings. The van der Waals surface area contributed by atoms with Crippen molar-refractivity contribution in [3.05, 3.63) is 47.5 Å². The Labute approximate surface area is 113 Å². The minimum atomic E-state index is -0.0607. The van der Waals surface area contributed by atoms with Crippen molar-refractivity contribution in [2.75, 3.05) is 7.11 Å². The predicted molar refractivity (Wildman–Crippen MR) is 74.3 cm³/mol. The average molecular weight is 260 g/mol. The third-order valence-electron chi connectivity index (χ3n) is 3.58. The van der Waals surface area contributed by atoms with E-state index in [1.807, 2.05) is 26.0 Å². The maximum absolute atomic E-state index is 12.4.